The molecule has 1 aliphatic carbocycles. The van der Waals surface area contributed by atoms with E-state index >= 15 is 0 Å². The maximum Gasteiger partial charge on any atom is 0.157 e. The number of Topliss-reactive ketones (excluding diaryl/α,β-unsaturated/α-hetero) is 1. The summed E-state index contributed by atoms with van der Waals surface area (Å²) < 4.78 is 5.96. The highest BCUT2D eigenvalue weighted by Crippen LogP contribution is 2.19. The number of hydrogen-bond acceptors (Lipinski definition) is 4. The van der Waals surface area contributed by atoms with Crippen LogP contribution < -0.4 is 5.32 Å². The second-order valence-electron chi connectivity index (χ2n) is 7.60. The second-order valence-corrected chi connectivity index (χ2v) is 7.60. The lowest BCUT2D eigenvalue weighted by atomic mass is 9.86. The maximum absolute atomic E-state index is 12.5. The van der Waals surface area contributed by atoms with Crippen molar-refractivity contribution in [2.45, 2.75) is 84.6 Å². The summed E-state index contributed by atoms with van der Waals surface area (Å²) in [5.41, 5.74) is -0.386. The number of ketones is 1. The third-order valence-electron chi connectivity index (χ3n) is 3.87. The van der Waals surface area contributed by atoms with Crippen LogP contribution >= 0.6 is 0 Å². The smallest absolute Gasteiger partial charge is 0.157 e. The molecule has 0 spiro atoms. The fraction of sp³-hybridized carbons (Fsp3) is 0.833. The summed E-state index contributed by atoms with van der Waals surface area (Å²) in [5, 5.41) is 13.1. The van der Waals surface area contributed by atoms with Gasteiger partial charge in [0.1, 0.15) is 0 Å². The Kier molecular flexibility index (Phi) is 7.74. The number of aliphatic hydroxyl groups excluding tert-OH is 1. The fourth-order valence-corrected chi connectivity index (χ4v) is 2.62. The van der Waals surface area contributed by atoms with Crippen molar-refractivity contribution >= 4 is 5.78 Å². The Labute approximate surface area is 135 Å². The van der Waals surface area contributed by atoms with E-state index in [1.165, 1.54) is 0 Å². The Bertz CT molecular complexity index is 371. The van der Waals surface area contributed by atoms with E-state index in [4.69, 9.17) is 4.74 Å². The van der Waals surface area contributed by atoms with Gasteiger partial charge in [-0.3, -0.25) is 4.79 Å². The SMILES string of the molecule is CC(C)N[C@H](CO[C@@H]1/C=C/CC[C@@H](O)CC1)C(=O)C(C)(C)C. The first-order chi connectivity index (χ1) is 10.2. The van der Waals surface area contributed by atoms with Crippen LogP contribution in [0.1, 0.15) is 60.3 Å². The molecule has 0 fully saturated rings. The van der Waals surface area contributed by atoms with E-state index < -0.39 is 0 Å². The predicted molar refractivity (Wildman–Crippen MR) is 89.9 cm³/mol. The molecular formula is C18H33NO3. The fourth-order valence-electron chi connectivity index (χ4n) is 2.62. The summed E-state index contributed by atoms with van der Waals surface area (Å²) in [6.45, 7) is 10.3. The van der Waals surface area contributed by atoms with E-state index in [0.717, 1.165) is 25.7 Å². The van der Waals surface area contributed by atoms with Gasteiger partial charge in [-0.05, 0) is 25.7 Å². The number of carbonyl (C=O) groups excluding carboxylic acids is 1. The highest BCUT2D eigenvalue weighted by Gasteiger charge is 2.30. The topological polar surface area (TPSA) is 58.6 Å². The molecule has 4 nitrogen and oxygen atoms in total. The molecule has 0 aromatic carbocycles. The standard InChI is InChI=1S/C18H33NO3/c1-13(2)19-16(17(21)18(3,4)5)12-22-15-9-7-6-8-14(20)10-11-15/h7,9,13-16,19-20H,6,8,10-12H2,1-5H3/b9-7+/t14-,15-,16-/m1/s1. The summed E-state index contributed by atoms with van der Waals surface area (Å²) in [6.07, 6.45) is 7.15. The Morgan fingerprint density at radius 3 is 2.59 bits per heavy atom. The molecule has 3 atom stereocenters. The molecule has 0 unspecified atom stereocenters. The van der Waals surface area contributed by atoms with Gasteiger partial charge in [-0.15, -0.1) is 0 Å². The third-order valence-corrected chi connectivity index (χ3v) is 3.87. The Balaban J connectivity index is 2.61. The largest absolute Gasteiger partial charge is 0.393 e. The predicted octanol–water partition coefficient (Wildman–Crippen LogP) is 2.84. The van der Waals surface area contributed by atoms with E-state index in [0.29, 0.717) is 6.61 Å². The molecule has 0 aromatic rings. The van der Waals surface area contributed by atoms with Crippen molar-refractivity contribution in [3.63, 3.8) is 0 Å². The lowest BCUT2D eigenvalue weighted by Crippen LogP contribution is -2.49. The average Bonchev–Trinajstić information content (AvgIpc) is 2.38. The van der Waals surface area contributed by atoms with E-state index in [2.05, 4.69) is 17.5 Å². The minimum absolute atomic E-state index is 0.0146. The van der Waals surface area contributed by atoms with Gasteiger partial charge in [0.25, 0.3) is 0 Å². The van der Waals surface area contributed by atoms with Gasteiger partial charge >= 0.3 is 0 Å². The van der Waals surface area contributed by atoms with Crippen LogP contribution in [0, 0.1) is 5.41 Å². The van der Waals surface area contributed by atoms with Crippen molar-refractivity contribution in [3.8, 4) is 0 Å². The van der Waals surface area contributed by atoms with Crippen LogP contribution in [0.4, 0.5) is 0 Å². The summed E-state index contributed by atoms with van der Waals surface area (Å²) >= 11 is 0. The zero-order chi connectivity index (χ0) is 16.8. The first-order valence-corrected chi connectivity index (χ1v) is 8.47. The van der Waals surface area contributed by atoms with Crippen LogP contribution in [0.25, 0.3) is 0 Å². The van der Waals surface area contributed by atoms with E-state index in [1.54, 1.807) is 0 Å². The molecule has 0 saturated heterocycles. The lowest BCUT2D eigenvalue weighted by molar-refractivity contribution is -0.130. The average molecular weight is 311 g/mol. The first kappa shape index (κ1) is 19.3. The Morgan fingerprint density at radius 1 is 1.32 bits per heavy atom. The van der Waals surface area contributed by atoms with Gasteiger partial charge in [-0.2, -0.15) is 0 Å². The van der Waals surface area contributed by atoms with Gasteiger partial charge < -0.3 is 15.2 Å². The molecule has 0 heterocycles. The maximum atomic E-state index is 12.5. The van der Waals surface area contributed by atoms with Gasteiger partial charge in [0, 0.05) is 11.5 Å². The molecule has 0 radical (unpaired) electrons. The molecule has 128 valence electrons. The van der Waals surface area contributed by atoms with Crippen LogP contribution in [-0.2, 0) is 9.53 Å². The van der Waals surface area contributed by atoms with E-state index in [1.807, 2.05) is 34.6 Å². The van der Waals surface area contributed by atoms with Crippen molar-refractivity contribution in [1.82, 2.24) is 5.32 Å². The van der Waals surface area contributed by atoms with Gasteiger partial charge in [0.2, 0.25) is 0 Å². The number of allylic oxidation sites excluding steroid dienone is 1. The molecule has 0 aliphatic heterocycles. The molecule has 4 heteroatoms. The van der Waals surface area contributed by atoms with Crippen LogP contribution in [-0.4, -0.2) is 41.8 Å². The number of hydrogen-bond donors (Lipinski definition) is 2. The van der Waals surface area contributed by atoms with Gasteiger partial charge in [0.05, 0.1) is 24.9 Å². The van der Waals surface area contributed by atoms with Crippen molar-refractivity contribution < 1.29 is 14.6 Å². The monoisotopic (exact) mass is 311 g/mol. The van der Waals surface area contributed by atoms with Gasteiger partial charge in [0.15, 0.2) is 5.78 Å². The zero-order valence-electron chi connectivity index (χ0n) is 14.8. The number of carbonyl (C=O) groups is 1. The lowest BCUT2D eigenvalue weighted by Gasteiger charge is -2.28. The number of nitrogens with one attached hydrogen (secondary N) is 1. The molecule has 0 amide bonds. The third kappa shape index (κ3) is 7.03. The molecule has 0 aromatic heterocycles. The summed E-state index contributed by atoms with van der Waals surface area (Å²) in [4.78, 5) is 12.5. The Morgan fingerprint density at radius 2 is 2.00 bits per heavy atom. The van der Waals surface area contributed by atoms with E-state index in [-0.39, 0.29) is 35.5 Å². The zero-order valence-corrected chi connectivity index (χ0v) is 14.8. The number of ether oxygens (including phenoxy) is 1. The van der Waals surface area contributed by atoms with Crippen molar-refractivity contribution in [2.24, 2.45) is 5.41 Å². The Hall–Kier alpha value is -0.710. The van der Waals surface area contributed by atoms with Crippen LogP contribution in [0.15, 0.2) is 12.2 Å². The molecular weight excluding hydrogens is 278 g/mol. The van der Waals surface area contributed by atoms with Crippen molar-refractivity contribution in [1.29, 1.82) is 0 Å². The highest BCUT2D eigenvalue weighted by atomic mass is 16.5. The van der Waals surface area contributed by atoms with Crippen LogP contribution in [0.5, 0.6) is 0 Å². The molecule has 0 bridgehead atoms. The van der Waals surface area contributed by atoms with Gasteiger partial charge in [-0.1, -0.05) is 46.8 Å². The summed E-state index contributed by atoms with van der Waals surface area (Å²) in [6, 6.07) is -0.0571. The number of rotatable bonds is 6. The normalized spacial score (nSPS) is 26.3. The minimum atomic E-state index is -0.386. The van der Waals surface area contributed by atoms with Crippen LogP contribution in [0.3, 0.4) is 0 Å². The van der Waals surface area contributed by atoms with Crippen LogP contribution in [0.2, 0.25) is 0 Å². The molecule has 1 aliphatic rings. The first-order valence-electron chi connectivity index (χ1n) is 8.47. The van der Waals surface area contributed by atoms with E-state index in [9.17, 15) is 9.90 Å². The molecule has 22 heavy (non-hydrogen) atoms. The highest BCUT2D eigenvalue weighted by molar-refractivity contribution is 5.88. The minimum Gasteiger partial charge on any atom is -0.393 e. The summed E-state index contributed by atoms with van der Waals surface area (Å²) in [5.74, 6) is 0.177. The molecule has 0 saturated carbocycles. The number of aliphatic hydroxyl groups is 1. The second kappa shape index (κ2) is 8.80. The molecule has 1 rings (SSSR count). The van der Waals surface area contributed by atoms with Crippen molar-refractivity contribution in [3.05, 3.63) is 12.2 Å². The quantitative estimate of drug-likeness (QED) is 0.741. The molecule has 2 N–H and O–H groups in total. The summed E-state index contributed by atoms with van der Waals surface area (Å²) in [7, 11) is 0. The van der Waals surface area contributed by atoms with Crippen molar-refractivity contribution in [2.75, 3.05) is 6.61 Å². The van der Waals surface area contributed by atoms with Gasteiger partial charge in [-0.25, -0.2) is 0 Å².